The van der Waals surface area contributed by atoms with Crippen LogP contribution < -0.4 is 10.1 Å². The number of ether oxygens (including phenoxy) is 1. The van der Waals surface area contributed by atoms with E-state index >= 15 is 0 Å². The number of rotatable bonds is 7. The summed E-state index contributed by atoms with van der Waals surface area (Å²) in [6, 6.07) is 13.7. The van der Waals surface area contributed by atoms with Crippen LogP contribution in [0.2, 0.25) is 0 Å². The molecule has 0 unspecified atom stereocenters. The summed E-state index contributed by atoms with van der Waals surface area (Å²) in [6.07, 6.45) is 0.418. The standard InChI is InChI=1S/C21H17FN4O3S/c1-28-17-9-5-3-7-14(17)20-25-19(29-26-20)11-10-18(27)24-21-23-16(12-30-21)13-6-2-4-8-15(13)22/h2-9,12H,10-11H2,1H3,(H,23,24,27). The number of benzene rings is 2. The molecule has 1 amide bonds. The third-order valence-corrected chi connectivity index (χ3v) is 5.04. The van der Waals surface area contributed by atoms with Crippen LogP contribution in [0.5, 0.6) is 5.75 Å². The summed E-state index contributed by atoms with van der Waals surface area (Å²) < 4.78 is 24.4. The number of hydrogen-bond acceptors (Lipinski definition) is 7. The van der Waals surface area contributed by atoms with E-state index in [1.54, 1.807) is 30.7 Å². The molecule has 0 radical (unpaired) electrons. The fourth-order valence-electron chi connectivity index (χ4n) is 2.82. The number of amides is 1. The van der Waals surface area contributed by atoms with Gasteiger partial charge in [-0.15, -0.1) is 11.3 Å². The van der Waals surface area contributed by atoms with Gasteiger partial charge in [0.15, 0.2) is 5.13 Å². The fourth-order valence-corrected chi connectivity index (χ4v) is 3.55. The topological polar surface area (TPSA) is 90.1 Å². The first-order valence-corrected chi connectivity index (χ1v) is 9.98. The number of thiazole rings is 1. The number of carbonyl (C=O) groups excluding carboxylic acids is 1. The van der Waals surface area contributed by atoms with Gasteiger partial charge < -0.3 is 14.6 Å². The minimum atomic E-state index is -0.358. The molecule has 0 saturated carbocycles. The molecule has 0 aliphatic heterocycles. The largest absolute Gasteiger partial charge is 0.496 e. The Bertz CT molecular complexity index is 1170. The van der Waals surface area contributed by atoms with Crippen molar-refractivity contribution < 1.29 is 18.4 Å². The number of anilines is 1. The molecular formula is C21H17FN4O3S. The first kappa shape index (κ1) is 19.7. The Hall–Kier alpha value is -3.59. The van der Waals surface area contributed by atoms with Crippen LogP contribution in [0.15, 0.2) is 58.4 Å². The smallest absolute Gasteiger partial charge is 0.227 e. The van der Waals surface area contributed by atoms with Gasteiger partial charge in [0, 0.05) is 23.8 Å². The molecule has 0 atom stereocenters. The lowest BCUT2D eigenvalue weighted by Gasteiger charge is -2.03. The second-order valence-electron chi connectivity index (χ2n) is 6.28. The van der Waals surface area contributed by atoms with Crippen LogP contribution in [-0.2, 0) is 11.2 Å². The average molecular weight is 424 g/mol. The highest BCUT2D eigenvalue weighted by Gasteiger charge is 2.15. The van der Waals surface area contributed by atoms with Crippen LogP contribution in [0.1, 0.15) is 12.3 Å². The Morgan fingerprint density at radius 2 is 1.90 bits per heavy atom. The van der Waals surface area contributed by atoms with E-state index in [0.29, 0.717) is 39.4 Å². The quantitative estimate of drug-likeness (QED) is 0.467. The zero-order chi connectivity index (χ0) is 20.9. The molecule has 0 saturated heterocycles. The highest BCUT2D eigenvalue weighted by atomic mass is 32.1. The zero-order valence-electron chi connectivity index (χ0n) is 16.0. The highest BCUT2D eigenvalue weighted by molar-refractivity contribution is 7.14. The van der Waals surface area contributed by atoms with Gasteiger partial charge in [0.05, 0.1) is 18.4 Å². The number of aromatic nitrogens is 3. The van der Waals surface area contributed by atoms with Crippen LogP contribution in [0, 0.1) is 5.82 Å². The summed E-state index contributed by atoms with van der Waals surface area (Å²) in [4.78, 5) is 20.9. The maximum atomic E-state index is 13.9. The van der Waals surface area contributed by atoms with E-state index in [9.17, 15) is 9.18 Å². The summed E-state index contributed by atoms with van der Waals surface area (Å²) in [6.45, 7) is 0. The van der Waals surface area contributed by atoms with Gasteiger partial charge in [-0.25, -0.2) is 9.37 Å². The highest BCUT2D eigenvalue weighted by Crippen LogP contribution is 2.28. The molecule has 7 nitrogen and oxygen atoms in total. The molecule has 0 aliphatic rings. The predicted octanol–water partition coefficient (Wildman–Crippen LogP) is 4.58. The molecule has 2 heterocycles. The van der Waals surface area contributed by atoms with Gasteiger partial charge in [-0.3, -0.25) is 4.79 Å². The minimum absolute atomic E-state index is 0.141. The Morgan fingerprint density at radius 3 is 2.70 bits per heavy atom. The molecule has 4 aromatic rings. The first-order chi connectivity index (χ1) is 14.6. The zero-order valence-corrected chi connectivity index (χ0v) is 16.8. The second kappa shape index (κ2) is 8.83. The molecule has 0 bridgehead atoms. The summed E-state index contributed by atoms with van der Waals surface area (Å²) in [5.74, 6) is 0.774. The van der Waals surface area contributed by atoms with E-state index in [1.807, 2.05) is 24.3 Å². The minimum Gasteiger partial charge on any atom is -0.496 e. The monoisotopic (exact) mass is 424 g/mol. The normalized spacial score (nSPS) is 10.7. The van der Waals surface area contributed by atoms with Crippen molar-refractivity contribution in [1.29, 1.82) is 0 Å². The number of hydrogen-bond donors (Lipinski definition) is 1. The summed E-state index contributed by atoms with van der Waals surface area (Å²) in [7, 11) is 1.57. The summed E-state index contributed by atoms with van der Waals surface area (Å²) in [5.41, 5.74) is 1.58. The van der Waals surface area contributed by atoms with Gasteiger partial charge in [-0.1, -0.05) is 29.4 Å². The Kier molecular flexibility index (Phi) is 5.80. The molecule has 9 heteroatoms. The number of nitrogens with zero attached hydrogens (tertiary/aromatic N) is 3. The summed E-state index contributed by atoms with van der Waals surface area (Å²) >= 11 is 1.23. The molecule has 152 valence electrons. The summed E-state index contributed by atoms with van der Waals surface area (Å²) in [5, 5.41) is 8.77. The SMILES string of the molecule is COc1ccccc1-c1noc(CCC(=O)Nc2nc(-c3ccccc3F)cs2)n1. The van der Waals surface area contributed by atoms with Gasteiger partial charge in [0.25, 0.3) is 0 Å². The van der Waals surface area contributed by atoms with Crippen molar-refractivity contribution in [3.63, 3.8) is 0 Å². The van der Waals surface area contributed by atoms with Gasteiger partial charge in [-0.05, 0) is 24.3 Å². The third-order valence-electron chi connectivity index (χ3n) is 4.28. The maximum Gasteiger partial charge on any atom is 0.227 e. The Morgan fingerprint density at radius 1 is 1.13 bits per heavy atom. The molecule has 30 heavy (non-hydrogen) atoms. The molecule has 0 fully saturated rings. The van der Waals surface area contributed by atoms with E-state index in [-0.39, 0.29) is 24.6 Å². The lowest BCUT2D eigenvalue weighted by molar-refractivity contribution is -0.116. The van der Waals surface area contributed by atoms with Crippen molar-refractivity contribution in [3.05, 3.63) is 65.6 Å². The predicted molar refractivity (Wildman–Crippen MR) is 111 cm³/mol. The van der Waals surface area contributed by atoms with E-state index < -0.39 is 0 Å². The number of halogens is 1. The molecule has 1 N–H and O–H groups in total. The van der Waals surface area contributed by atoms with Gasteiger partial charge >= 0.3 is 0 Å². The maximum absolute atomic E-state index is 13.9. The van der Waals surface area contributed by atoms with Gasteiger partial charge in [-0.2, -0.15) is 4.98 Å². The van der Waals surface area contributed by atoms with E-state index in [1.165, 1.54) is 17.4 Å². The Balaban J connectivity index is 1.36. The molecule has 2 aromatic heterocycles. The van der Waals surface area contributed by atoms with Crippen LogP contribution in [0.3, 0.4) is 0 Å². The second-order valence-corrected chi connectivity index (χ2v) is 7.14. The van der Waals surface area contributed by atoms with Gasteiger partial charge in [0.2, 0.25) is 17.6 Å². The number of carbonyl (C=O) groups is 1. The number of nitrogens with one attached hydrogen (secondary N) is 1. The van der Waals surface area contributed by atoms with Crippen molar-refractivity contribution in [3.8, 4) is 28.4 Å². The van der Waals surface area contributed by atoms with Crippen LogP contribution in [0.25, 0.3) is 22.6 Å². The van der Waals surface area contributed by atoms with Crippen molar-refractivity contribution >= 4 is 22.4 Å². The lowest BCUT2D eigenvalue weighted by Crippen LogP contribution is -2.12. The van der Waals surface area contributed by atoms with Crippen molar-refractivity contribution in [2.45, 2.75) is 12.8 Å². The molecule has 0 aliphatic carbocycles. The van der Waals surface area contributed by atoms with Crippen molar-refractivity contribution in [2.24, 2.45) is 0 Å². The average Bonchev–Trinajstić information content (AvgIpc) is 3.42. The van der Waals surface area contributed by atoms with Crippen molar-refractivity contribution in [2.75, 3.05) is 12.4 Å². The van der Waals surface area contributed by atoms with Crippen LogP contribution in [0.4, 0.5) is 9.52 Å². The van der Waals surface area contributed by atoms with E-state index in [0.717, 1.165) is 0 Å². The number of methoxy groups -OCH3 is 1. The van der Waals surface area contributed by atoms with Crippen molar-refractivity contribution in [1.82, 2.24) is 15.1 Å². The molecular weight excluding hydrogens is 407 g/mol. The van der Waals surface area contributed by atoms with E-state index in [2.05, 4.69) is 20.4 Å². The lowest BCUT2D eigenvalue weighted by atomic mass is 10.2. The van der Waals surface area contributed by atoms with E-state index in [4.69, 9.17) is 9.26 Å². The fraction of sp³-hybridized carbons (Fsp3) is 0.143. The first-order valence-electron chi connectivity index (χ1n) is 9.10. The Labute approximate surface area is 175 Å². The third kappa shape index (κ3) is 4.36. The number of para-hydroxylation sites is 1. The van der Waals surface area contributed by atoms with Gasteiger partial charge in [0.1, 0.15) is 11.6 Å². The molecule has 4 rings (SSSR count). The van der Waals surface area contributed by atoms with Crippen LogP contribution in [-0.4, -0.2) is 28.1 Å². The molecule has 0 spiro atoms. The van der Waals surface area contributed by atoms with Crippen LogP contribution >= 0.6 is 11.3 Å². The number of aryl methyl sites for hydroxylation is 1. The molecule has 2 aromatic carbocycles.